The van der Waals surface area contributed by atoms with Gasteiger partial charge in [0.1, 0.15) is 17.2 Å². The number of rotatable bonds is 3. The first kappa shape index (κ1) is 16.1. The van der Waals surface area contributed by atoms with Crippen LogP contribution in [0, 0.1) is 10.7 Å². The van der Waals surface area contributed by atoms with Crippen LogP contribution in [0.25, 0.3) is 0 Å². The lowest BCUT2D eigenvalue weighted by molar-refractivity contribution is 0.0697. The molecule has 0 radical (unpaired) electrons. The number of aromatic hydroxyl groups is 1. The molecule has 2 aromatic rings. The van der Waals surface area contributed by atoms with E-state index in [1.54, 1.807) is 24.3 Å². The molecule has 0 aliphatic rings. The Labute approximate surface area is 156 Å². The predicted octanol–water partition coefficient (Wildman–Crippen LogP) is 4.70. The summed E-state index contributed by atoms with van der Waals surface area (Å²) in [6.45, 7) is 0. The SMILES string of the molecule is O=C(O)c1ccc(Oc2cc(I)c(O)c(I)c2)c(I)c1. The van der Waals surface area contributed by atoms with Gasteiger partial charge in [0.15, 0.2) is 0 Å². The maximum Gasteiger partial charge on any atom is 0.335 e. The minimum Gasteiger partial charge on any atom is -0.506 e. The highest BCUT2D eigenvalue weighted by atomic mass is 127. The lowest BCUT2D eigenvalue weighted by atomic mass is 10.2. The van der Waals surface area contributed by atoms with E-state index in [9.17, 15) is 9.90 Å². The number of hydrogen-bond donors (Lipinski definition) is 2. The van der Waals surface area contributed by atoms with Gasteiger partial charge in [-0.2, -0.15) is 0 Å². The number of phenols is 1. The van der Waals surface area contributed by atoms with Crippen molar-refractivity contribution in [3.05, 3.63) is 46.6 Å². The lowest BCUT2D eigenvalue weighted by Gasteiger charge is -2.10. The van der Waals surface area contributed by atoms with Gasteiger partial charge in [0.25, 0.3) is 0 Å². The summed E-state index contributed by atoms with van der Waals surface area (Å²) in [4.78, 5) is 10.9. The third-order valence-corrected chi connectivity index (χ3v) is 4.88. The number of carbonyl (C=O) groups is 1. The molecule has 0 bridgehead atoms. The Morgan fingerprint density at radius 3 is 2.10 bits per heavy atom. The lowest BCUT2D eigenvalue weighted by Crippen LogP contribution is -1.97. The highest BCUT2D eigenvalue weighted by molar-refractivity contribution is 14.1. The van der Waals surface area contributed by atoms with E-state index in [1.807, 2.05) is 67.8 Å². The first-order valence-corrected chi connectivity index (χ1v) is 8.51. The molecule has 0 fully saturated rings. The number of benzene rings is 2. The standard InChI is InChI=1S/C13H7I3O4/c14-8-3-6(13(18)19)1-2-11(8)20-7-4-9(15)12(17)10(16)5-7/h1-5,17H,(H,18,19). The zero-order valence-corrected chi connectivity index (χ0v) is 16.2. The molecule has 2 rings (SSSR count). The number of carboxylic acids is 1. The van der Waals surface area contributed by atoms with E-state index in [0.29, 0.717) is 22.2 Å². The average Bonchev–Trinajstić information content (AvgIpc) is 2.38. The number of halogens is 3. The molecular formula is C13H7I3O4. The molecule has 0 saturated carbocycles. The second-order valence-corrected chi connectivity index (χ2v) is 7.27. The summed E-state index contributed by atoms with van der Waals surface area (Å²) in [5.74, 6) is 0.433. The minimum absolute atomic E-state index is 0.219. The second-order valence-electron chi connectivity index (χ2n) is 3.79. The molecule has 2 N–H and O–H groups in total. The molecule has 7 heteroatoms. The van der Waals surface area contributed by atoms with Gasteiger partial charge in [-0.05, 0) is 98.1 Å². The van der Waals surface area contributed by atoms with E-state index in [2.05, 4.69) is 0 Å². The summed E-state index contributed by atoms with van der Waals surface area (Å²) in [6, 6.07) is 8.11. The number of phenolic OH excluding ortho intramolecular Hbond substituents is 1. The van der Waals surface area contributed by atoms with Crippen LogP contribution in [0.5, 0.6) is 17.2 Å². The zero-order chi connectivity index (χ0) is 14.9. The minimum atomic E-state index is -0.969. The van der Waals surface area contributed by atoms with Crippen LogP contribution in [0.3, 0.4) is 0 Å². The topological polar surface area (TPSA) is 66.8 Å². The molecule has 104 valence electrons. The van der Waals surface area contributed by atoms with Gasteiger partial charge in [-0.3, -0.25) is 0 Å². The van der Waals surface area contributed by atoms with Crippen LogP contribution in [0.1, 0.15) is 10.4 Å². The monoisotopic (exact) mass is 608 g/mol. The fourth-order valence-electron chi connectivity index (χ4n) is 1.44. The Morgan fingerprint density at radius 1 is 1.00 bits per heavy atom. The third kappa shape index (κ3) is 3.67. The molecule has 0 aliphatic heterocycles. The van der Waals surface area contributed by atoms with Gasteiger partial charge >= 0.3 is 5.97 Å². The van der Waals surface area contributed by atoms with Crippen LogP contribution in [0.4, 0.5) is 0 Å². The smallest absolute Gasteiger partial charge is 0.335 e. The van der Waals surface area contributed by atoms with Crippen LogP contribution in [0.2, 0.25) is 0 Å². The number of carboxylic acid groups (broad SMARTS) is 1. The molecule has 20 heavy (non-hydrogen) atoms. The summed E-state index contributed by atoms with van der Waals surface area (Å²) in [5.41, 5.74) is 0.219. The second kappa shape index (κ2) is 6.64. The van der Waals surface area contributed by atoms with Crippen LogP contribution in [-0.2, 0) is 0 Å². The zero-order valence-electron chi connectivity index (χ0n) is 9.73. The van der Waals surface area contributed by atoms with Crippen molar-refractivity contribution in [3.63, 3.8) is 0 Å². The maximum atomic E-state index is 10.9. The van der Waals surface area contributed by atoms with Crippen molar-refractivity contribution in [2.75, 3.05) is 0 Å². The molecule has 0 spiro atoms. The van der Waals surface area contributed by atoms with E-state index in [4.69, 9.17) is 9.84 Å². The van der Waals surface area contributed by atoms with Crippen molar-refractivity contribution in [2.24, 2.45) is 0 Å². The van der Waals surface area contributed by atoms with Gasteiger partial charge in [-0.1, -0.05) is 0 Å². The molecule has 2 aromatic carbocycles. The molecule has 0 aromatic heterocycles. The number of hydrogen-bond acceptors (Lipinski definition) is 3. The molecule has 0 heterocycles. The highest BCUT2D eigenvalue weighted by Gasteiger charge is 2.11. The van der Waals surface area contributed by atoms with Gasteiger partial charge in [0.05, 0.1) is 16.3 Å². The van der Waals surface area contributed by atoms with Crippen LogP contribution in [-0.4, -0.2) is 16.2 Å². The van der Waals surface area contributed by atoms with Crippen LogP contribution >= 0.6 is 67.8 Å². The summed E-state index contributed by atoms with van der Waals surface area (Å²) < 4.78 is 7.84. The normalized spacial score (nSPS) is 10.3. The Balaban J connectivity index is 2.33. The fraction of sp³-hybridized carbons (Fsp3) is 0. The van der Waals surface area contributed by atoms with Crippen LogP contribution in [0.15, 0.2) is 30.3 Å². The van der Waals surface area contributed by atoms with E-state index >= 15 is 0 Å². The number of aromatic carboxylic acids is 1. The van der Waals surface area contributed by atoms with E-state index in [0.717, 1.165) is 0 Å². The molecule has 4 nitrogen and oxygen atoms in total. The predicted molar refractivity (Wildman–Crippen MR) is 99.7 cm³/mol. The van der Waals surface area contributed by atoms with Crippen molar-refractivity contribution in [3.8, 4) is 17.2 Å². The third-order valence-electron chi connectivity index (χ3n) is 2.40. The Kier molecular flexibility index (Phi) is 5.34. The first-order valence-electron chi connectivity index (χ1n) is 5.27. The summed E-state index contributed by atoms with van der Waals surface area (Å²) >= 11 is 6.08. The summed E-state index contributed by atoms with van der Waals surface area (Å²) in [5, 5.41) is 18.6. The van der Waals surface area contributed by atoms with Gasteiger partial charge < -0.3 is 14.9 Å². The molecule has 0 aliphatic carbocycles. The molecule has 0 amide bonds. The Morgan fingerprint density at radius 2 is 1.60 bits per heavy atom. The van der Waals surface area contributed by atoms with Crippen molar-refractivity contribution in [1.82, 2.24) is 0 Å². The quantitative estimate of drug-likeness (QED) is 0.497. The highest BCUT2D eigenvalue weighted by Crippen LogP contribution is 2.34. The van der Waals surface area contributed by atoms with Crippen molar-refractivity contribution in [2.45, 2.75) is 0 Å². The summed E-state index contributed by atoms with van der Waals surface area (Å²) in [6.07, 6.45) is 0. The summed E-state index contributed by atoms with van der Waals surface area (Å²) in [7, 11) is 0. The van der Waals surface area contributed by atoms with E-state index < -0.39 is 5.97 Å². The van der Waals surface area contributed by atoms with Gasteiger partial charge in [0.2, 0.25) is 0 Å². The molecule has 0 saturated heterocycles. The van der Waals surface area contributed by atoms with E-state index in [-0.39, 0.29) is 11.3 Å². The van der Waals surface area contributed by atoms with E-state index in [1.165, 1.54) is 6.07 Å². The largest absolute Gasteiger partial charge is 0.506 e. The first-order chi connectivity index (χ1) is 9.38. The maximum absolute atomic E-state index is 10.9. The van der Waals surface area contributed by atoms with Crippen molar-refractivity contribution in [1.29, 1.82) is 0 Å². The van der Waals surface area contributed by atoms with Gasteiger partial charge in [-0.15, -0.1) is 0 Å². The van der Waals surface area contributed by atoms with Crippen molar-refractivity contribution < 1.29 is 19.7 Å². The van der Waals surface area contributed by atoms with Gasteiger partial charge in [0, 0.05) is 0 Å². The van der Waals surface area contributed by atoms with Crippen LogP contribution < -0.4 is 4.74 Å². The molecule has 0 unspecified atom stereocenters. The average molecular weight is 608 g/mol. The van der Waals surface area contributed by atoms with Crippen molar-refractivity contribution >= 4 is 73.7 Å². The number of ether oxygens (including phenoxy) is 1. The van der Waals surface area contributed by atoms with Gasteiger partial charge in [-0.25, -0.2) is 4.79 Å². The Bertz CT molecular complexity index is 662. The molecular weight excluding hydrogens is 601 g/mol. The molecule has 0 atom stereocenters. The fourth-order valence-corrected chi connectivity index (χ4v) is 3.78. The Hall–Kier alpha value is -0.300.